The molecule has 1 aromatic carbocycles. The van der Waals surface area contributed by atoms with Gasteiger partial charge >= 0.3 is 11.9 Å². The van der Waals surface area contributed by atoms with E-state index < -0.39 is 22.9 Å². The number of hydrogen-bond donors (Lipinski definition) is 1. The maximum Gasteiger partial charge on any atom is 0.380 e. The van der Waals surface area contributed by atoms with E-state index in [2.05, 4.69) is 4.74 Å². The molecule has 0 heterocycles. The second kappa shape index (κ2) is 5.70. The topological polar surface area (TPSA) is 89.7 Å². The number of benzene rings is 1. The first-order chi connectivity index (χ1) is 8.80. The minimum absolute atomic E-state index is 0.249. The van der Waals surface area contributed by atoms with Gasteiger partial charge in [0.25, 0.3) is 5.69 Å². The second-order valence-electron chi connectivity index (χ2n) is 3.59. The molecule has 0 fully saturated rings. The van der Waals surface area contributed by atoms with E-state index >= 15 is 0 Å². The molecule has 6 nitrogen and oxygen atoms in total. The Bertz CT molecular complexity index is 474. The minimum atomic E-state index is -4.12. The van der Waals surface area contributed by atoms with Crippen LogP contribution in [0.5, 0.6) is 0 Å². The molecule has 0 bridgehead atoms. The number of nitro benzene ring substituents is 1. The molecule has 0 aliphatic heterocycles. The normalized spacial score (nSPS) is 12.8. The number of nitrogens with zero attached hydrogens (tertiary/aromatic N) is 1. The Morgan fingerprint density at radius 1 is 1.47 bits per heavy atom. The third kappa shape index (κ3) is 3.22. The van der Waals surface area contributed by atoms with E-state index in [4.69, 9.17) is 0 Å². The zero-order valence-corrected chi connectivity index (χ0v) is 9.88. The zero-order chi connectivity index (χ0) is 14.6. The van der Waals surface area contributed by atoms with Gasteiger partial charge in [0.1, 0.15) is 0 Å². The fraction of sp³-hybridized carbons (Fsp3) is 0.364. The van der Waals surface area contributed by atoms with Gasteiger partial charge in [0.15, 0.2) is 6.10 Å². The number of ether oxygens (including phenoxy) is 1. The monoisotopic (exact) mass is 275 g/mol. The molecule has 0 aliphatic rings. The van der Waals surface area contributed by atoms with Crippen molar-refractivity contribution in [3.63, 3.8) is 0 Å². The van der Waals surface area contributed by atoms with Crippen LogP contribution in [0.15, 0.2) is 24.3 Å². The Morgan fingerprint density at radius 3 is 2.42 bits per heavy atom. The van der Waals surface area contributed by atoms with Crippen molar-refractivity contribution in [3.8, 4) is 0 Å². The highest BCUT2D eigenvalue weighted by Gasteiger charge is 2.49. The van der Waals surface area contributed by atoms with Crippen molar-refractivity contribution in [1.29, 1.82) is 0 Å². The van der Waals surface area contributed by atoms with Crippen molar-refractivity contribution in [2.45, 2.75) is 19.0 Å². The van der Waals surface area contributed by atoms with Crippen molar-refractivity contribution in [2.24, 2.45) is 0 Å². The summed E-state index contributed by atoms with van der Waals surface area (Å²) in [5.74, 6) is -5.97. The first kappa shape index (κ1) is 15.0. The molecule has 1 aromatic rings. The fourth-order valence-corrected chi connectivity index (χ4v) is 1.33. The smallest absolute Gasteiger partial charge is 0.380 e. The molecule has 0 amide bonds. The van der Waals surface area contributed by atoms with Crippen LogP contribution in [0.4, 0.5) is 14.5 Å². The van der Waals surface area contributed by atoms with Gasteiger partial charge in [-0.15, -0.1) is 0 Å². The standard InChI is InChI=1S/C11H11F2NO5/c1-2-19-10(16)11(12,13)9(15)7-3-5-8(6-4-7)14(17)18/h3-6,9,15H,2H2,1H3. The highest BCUT2D eigenvalue weighted by atomic mass is 19.3. The summed E-state index contributed by atoms with van der Waals surface area (Å²) in [4.78, 5) is 20.7. The summed E-state index contributed by atoms with van der Waals surface area (Å²) in [6, 6.07) is 3.82. The molecule has 0 radical (unpaired) electrons. The number of non-ortho nitro benzene ring substituents is 1. The van der Waals surface area contributed by atoms with Crippen molar-refractivity contribution >= 4 is 11.7 Å². The first-order valence-corrected chi connectivity index (χ1v) is 5.28. The molecule has 1 atom stereocenters. The Labute approximate surface area is 106 Å². The number of carbonyl (C=O) groups excluding carboxylic acids is 1. The molecule has 8 heteroatoms. The zero-order valence-electron chi connectivity index (χ0n) is 9.88. The van der Waals surface area contributed by atoms with Gasteiger partial charge in [-0.25, -0.2) is 4.79 Å². The van der Waals surface area contributed by atoms with E-state index in [0.717, 1.165) is 24.3 Å². The Kier molecular flexibility index (Phi) is 4.49. The number of aliphatic hydroxyl groups is 1. The summed E-state index contributed by atoms with van der Waals surface area (Å²) < 4.78 is 31.1. The van der Waals surface area contributed by atoms with Crippen LogP contribution in [0.25, 0.3) is 0 Å². The predicted molar refractivity (Wildman–Crippen MR) is 59.6 cm³/mol. The lowest BCUT2D eigenvalue weighted by molar-refractivity contribution is -0.384. The third-order valence-corrected chi connectivity index (χ3v) is 2.31. The highest BCUT2D eigenvalue weighted by molar-refractivity contribution is 5.78. The summed E-state index contributed by atoms with van der Waals surface area (Å²) in [6.45, 7) is 1.10. The maximum atomic E-state index is 13.5. The Hall–Kier alpha value is -2.09. The van der Waals surface area contributed by atoms with Gasteiger partial charge in [-0.2, -0.15) is 8.78 Å². The number of alkyl halides is 2. The van der Waals surface area contributed by atoms with E-state index in [1.165, 1.54) is 6.92 Å². The van der Waals surface area contributed by atoms with Gasteiger partial charge in [0.2, 0.25) is 0 Å². The van der Waals surface area contributed by atoms with Crippen LogP contribution < -0.4 is 0 Å². The SMILES string of the molecule is CCOC(=O)C(F)(F)C(O)c1ccc([N+](=O)[O-])cc1. The molecule has 19 heavy (non-hydrogen) atoms. The van der Waals surface area contributed by atoms with Gasteiger partial charge in [-0.1, -0.05) is 0 Å². The van der Waals surface area contributed by atoms with Crippen LogP contribution in [-0.4, -0.2) is 28.5 Å². The molecule has 104 valence electrons. The van der Waals surface area contributed by atoms with Gasteiger partial charge in [0.05, 0.1) is 11.5 Å². The Morgan fingerprint density at radius 2 is 2.00 bits per heavy atom. The van der Waals surface area contributed by atoms with Crippen LogP contribution in [0.1, 0.15) is 18.6 Å². The molecule has 0 aromatic heterocycles. The highest BCUT2D eigenvalue weighted by Crippen LogP contribution is 2.33. The number of halogens is 2. The maximum absolute atomic E-state index is 13.5. The summed E-state index contributed by atoms with van der Waals surface area (Å²) >= 11 is 0. The predicted octanol–water partition coefficient (Wildman–Crippen LogP) is 1.83. The van der Waals surface area contributed by atoms with Gasteiger partial charge < -0.3 is 9.84 Å². The van der Waals surface area contributed by atoms with Crippen LogP contribution in [0.2, 0.25) is 0 Å². The molecular formula is C11H11F2NO5. The largest absolute Gasteiger partial charge is 0.461 e. The van der Waals surface area contributed by atoms with E-state index in [0.29, 0.717) is 0 Å². The molecule has 0 aliphatic carbocycles. The fourth-order valence-electron chi connectivity index (χ4n) is 1.33. The summed E-state index contributed by atoms with van der Waals surface area (Å²) in [6.07, 6.45) is -2.42. The van der Waals surface area contributed by atoms with Gasteiger partial charge in [-0.3, -0.25) is 10.1 Å². The number of hydrogen-bond acceptors (Lipinski definition) is 5. The van der Waals surface area contributed by atoms with Crippen LogP contribution in [0.3, 0.4) is 0 Å². The first-order valence-electron chi connectivity index (χ1n) is 5.28. The van der Waals surface area contributed by atoms with Crippen molar-refractivity contribution in [3.05, 3.63) is 39.9 Å². The molecule has 1 N–H and O–H groups in total. The molecule has 0 saturated carbocycles. The number of nitro groups is 1. The molecule has 1 rings (SSSR count). The lowest BCUT2D eigenvalue weighted by atomic mass is 10.0. The lowest BCUT2D eigenvalue weighted by Crippen LogP contribution is -2.37. The lowest BCUT2D eigenvalue weighted by Gasteiger charge is -2.20. The average Bonchev–Trinajstić information content (AvgIpc) is 2.38. The number of aliphatic hydroxyl groups excluding tert-OH is 1. The van der Waals surface area contributed by atoms with E-state index in [-0.39, 0.29) is 17.9 Å². The van der Waals surface area contributed by atoms with Gasteiger partial charge in [0, 0.05) is 12.1 Å². The molecule has 0 spiro atoms. The average molecular weight is 275 g/mol. The van der Waals surface area contributed by atoms with E-state index in [9.17, 15) is 28.8 Å². The summed E-state index contributed by atoms with van der Waals surface area (Å²) in [7, 11) is 0. The summed E-state index contributed by atoms with van der Waals surface area (Å²) in [5.41, 5.74) is -0.626. The number of carbonyl (C=O) groups is 1. The second-order valence-corrected chi connectivity index (χ2v) is 3.59. The minimum Gasteiger partial charge on any atom is -0.461 e. The quantitative estimate of drug-likeness (QED) is 0.503. The number of esters is 1. The van der Waals surface area contributed by atoms with Crippen LogP contribution in [-0.2, 0) is 9.53 Å². The molecular weight excluding hydrogens is 264 g/mol. The third-order valence-electron chi connectivity index (χ3n) is 2.31. The van der Waals surface area contributed by atoms with Crippen LogP contribution >= 0.6 is 0 Å². The van der Waals surface area contributed by atoms with E-state index in [1.807, 2.05) is 0 Å². The molecule has 1 unspecified atom stereocenters. The Balaban J connectivity index is 2.95. The van der Waals surface area contributed by atoms with Crippen molar-refractivity contribution in [2.75, 3.05) is 6.61 Å². The van der Waals surface area contributed by atoms with Crippen molar-refractivity contribution < 1.29 is 28.3 Å². The van der Waals surface area contributed by atoms with Gasteiger partial charge in [-0.05, 0) is 24.6 Å². The number of rotatable bonds is 5. The van der Waals surface area contributed by atoms with Crippen LogP contribution in [0, 0.1) is 10.1 Å². The van der Waals surface area contributed by atoms with Crippen molar-refractivity contribution in [1.82, 2.24) is 0 Å². The van der Waals surface area contributed by atoms with E-state index in [1.54, 1.807) is 0 Å². The molecule has 0 saturated heterocycles. The summed E-state index contributed by atoms with van der Waals surface area (Å²) in [5, 5.41) is 19.8.